The predicted molar refractivity (Wildman–Crippen MR) is 98.9 cm³/mol. The smallest absolute Gasteiger partial charge is 0.251 e. The van der Waals surface area contributed by atoms with Crippen LogP contribution in [0.3, 0.4) is 0 Å². The van der Waals surface area contributed by atoms with Crippen LogP contribution in [0.2, 0.25) is 0 Å². The van der Waals surface area contributed by atoms with Crippen LogP contribution in [0.4, 0.5) is 0 Å². The molecule has 132 valence electrons. The molecule has 0 spiro atoms. The highest BCUT2D eigenvalue weighted by atomic mass is 16.5. The highest BCUT2D eigenvalue weighted by molar-refractivity contribution is 5.94. The lowest BCUT2D eigenvalue weighted by molar-refractivity contribution is -0.909. The van der Waals surface area contributed by atoms with Crippen molar-refractivity contribution in [3.05, 3.63) is 70.8 Å². The lowest BCUT2D eigenvalue weighted by atomic mass is 10.0. The molecule has 0 aromatic heterocycles. The van der Waals surface area contributed by atoms with Gasteiger partial charge in [-0.1, -0.05) is 47.5 Å². The summed E-state index contributed by atoms with van der Waals surface area (Å²) in [5, 5.41) is 3.24. The van der Waals surface area contributed by atoms with E-state index in [0.717, 1.165) is 44.0 Å². The first-order valence-corrected chi connectivity index (χ1v) is 8.97. The average molecular weight is 339 g/mol. The predicted octanol–water partition coefficient (Wildman–Crippen LogP) is 1.69. The number of carbonyl (C=O) groups excluding carboxylic acids is 1. The van der Waals surface area contributed by atoms with E-state index in [1.165, 1.54) is 10.5 Å². The summed E-state index contributed by atoms with van der Waals surface area (Å²) in [6.45, 7) is 8.55. The molecular weight excluding hydrogens is 312 g/mol. The largest absolute Gasteiger partial charge is 0.370 e. The minimum Gasteiger partial charge on any atom is -0.370 e. The molecule has 2 aromatic carbocycles. The van der Waals surface area contributed by atoms with Gasteiger partial charge in [-0.05, 0) is 31.5 Å². The van der Waals surface area contributed by atoms with Crippen molar-refractivity contribution in [1.82, 2.24) is 5.32 Å². The quantitative estimate of drug-likeness (QED) is 0.871. The number of carbonyl (C=O) groups is 1. The van der Waals surface area contributed by atoms with Gasteiger partial charge in [-0.3, -0.25) is 4.79 Å². The number of amides is 1. The van der Waals surface area contributed by atoms with Crippen molar-refractivity contribution in [2.24, 2.45) is 0 Å². The summed E-state index contributed by atoms with van der Waals surface area (Å²) in [4.78, 5) is 14.2. The molecule has 0 bridgehead atoms. The topological polar surface area (TPSA) is 42.8 Å². The van der Waals surface area contributed by atoms with Gasteiger partial charge in [0, 0.05) is 5.56 Å². The zero-order chi connectivity index (χ0) is 17.6. The standard InChI is InChI=1S/C21H26N2O2/c1-16-3-7-18(8-4-16)20(15-23-11-13-25-14-12-23)22-21(24)19-9-5-17(2)6-10-19/h3-10,20H,11-15H2,1-2H3,(H,22,24)/p+1/t20-/m1/s1. The molecule has 1 heterocycles. The van der Waals surface area contributed by atoms with E-state index in [2.05, 4.69) is 36.5 Å². The highest BCUT2D eigenvalue weighted by Crippen LogP contribution is 2.14. The lowest BCUT2D eigenvalue weighted by Gasteiger charge is -2.28. The third-order valence-corrected chi connectivity index (χ3v) is 4.79. The third kappa shape index (κ3) is 4.91. The van der Waals surface area contributed by atoms with Crippen molar-refractivity contribution in [3.63, 3.8) is 0 Å². The van der Waals surface area contributed by atoms with Gasteiger partial charge in [-0.15, -0.1) is 0 Å². The number of aryl methyl sites for hydroxylation is 2. The fraction of sp³-hybridized carbons (Fsp3) is 0.381. The summed E-state index contributed by atoms with van der Waals surface area (Å²) >= 11 is 0. The molecular formula is C21H27N2O2+. The number of ether oxygens (including phenoxy) is 1. The van der Waals surface area contributed by atoms with Crippen molar-refractivity contribution in [3.8, 4) is 0 Å². The Morgan fingerprint density at radius 1 is 1.00 bits per heavy atom. The molecule has 1 atom stereocenters. The van der Waals surface area contributed by atoms with Gasteiger partial charge in [0.25, 0.3) is 5.91 Å². The number of rotatable bonds is 5. The number of quaternary nitrogens is 1. The normalized spacial score (nSPS) is 16.4. The zero-order valence-corrected chi connectivity index (χ0v) is 15.0. The second-order valence-corrected chi connectivity index (χ2v) is 6.87. The van der Waals surface area contributed by atoms with Crippen LogP contribution in [0.5, 0.6) is 0 Å². The molecule has 3 rings (SSSR count). The number of benzene rings is 2. The maximum absolute atomic E-state index is 12.7. The van der Waals surface area contributed by atoms with Crippen LogP contribution in [-0.4, -0.2) is 38.8 Å². The molecule has 2 aromatic rings. The van der Waals surface area contributed by atoms with E-state index in [1.807, 2.05) is 31.2 Å². The molecule has 25 heavy (non-hydrogen) atoms. The minimum absolute atomic E-state index is 0.00232. The lowest BCUT2D eigenvalue weighted by Crippen LogP contribution is -3.14. The van der Waals surface area contributed by atoms with E-state index >= 15 is 0 Å². The Labute approximate surface area is 149 Å². The summed E-state index contributed by atoms with van der Waals surface area (Å²) in [5.74, 6) is -0.0155. The summed E-state index contributed by atoms with van der Waals surface area (Å²) in [7, 11) is 0. The summed E-state index contributed by atoms with van der Waals surface area (Å²) in [6, 6.07) is 16.2. The molecule has 1 saturated heterocycles. The number of hydrogen-bond acceptors (Lipinski definition) is 2. The Morgan fingerprint density at radius 3 is 2.16 bits per heavy atom. The molecule has 4 heteroatoms. The molecule has 1 amide bonds. The van der Waals surface area contributed by atoms with Crippen LogP contribution in [-0.2, 0) is 4.74 Å². The van der Waals surface area contributed by atoms with Gasteiger partial charge < -0.3 is 15.0 Å². The van der Waals surface area contributed by atoms with Gasteiger partial charge in [0.1, 0.15) is 25.7 Å². The third-order valence-electron chi connectivity index (χ3n) is 4.79. The van der Waals surface area contributed by atoms with E-state index in [4.69, 9.17) is 4.74 Å². The second-order valence-electron chi connectivity index (χ2n) is 6.87. The molecule has 1 fully saturated rings. The summed E-state index contributed by atoms with van der Waals surface area (Å²) in [5.41, 5.74) is 4.25. The summed E-state index contributed by atoms with van der Waals surface area (Å²) < 4.78 is 5.46. The van der Waals surface area contributed by atoms with Crippen LogP contribution >= 0.6 is 0 Å². The van der Waals surface area contributed by atoms with Crippen LogP contribution in [0.25, 0.3) is 0 Å². The Bertz CT molecular complexity index is 689. The first kappa shape index (κ1) is 17.6. The molecule has 1 aliphatic rings. The van der Waals surface area contributed by atoms with Crippen molar-refractivity contribution < 1.29 is 14.4 Å². The van der Waals surface area contributed by atoms with E-state index in [9.17, 15) is 4.79 Å². The molecule has 0 unspecified atom stereocenters. The fourth-order valence-corrected chi connectivity index (χ4v) is 3.15. The van der Waals surface area contributed by atoms with Crippen molar-refractivity contribution in [2.45, 2.75) is 19.9 Å². The molecule has 0 radical (unpaired) electrons. The van der Waals surface area contributed by atoms with Gasteiger partial charge >= 0.3 is 0 Å². The summed E-state index contributed by atoms with van der Waals surface area (Å²) in [6.07, 6.45) is 0. The molecule has 4 nitrogen and oxygen atoms in total. The Hall–Kier alpha value is -2.17. The van der Waals surface area contributed by atoms with Crippen molar-refractivity contribution >= 4 is 5.91 Å². The SMILES string of the molecule is Cc1ccc(C(=O)N[C@H](C[NH+]2CCOCC2)c2ccc(C)cc2)cc1. The van der Waals surface area contributed by atoms with E-state index < -0.39 is 0 Å². The maximum Gasteiger partial charge on any atom is 0.251 e. The van der Waals surface area contributed by atoms with E-state index in [1.54, 1.807) is 0 Å². The fourth-order valence-electron chi connectivity index (χ4n) is 3.15. The van der Waals surface area contributed by atoms with Gasteiger partial charge in [-0.25, -0.2) is 0 Å². The Morgan fingerprint density at radius 2 is 1.56 bits per heavy atom. The second kappa shape index (κ2) is 8.28. The van der Waals surface area contributed by atoms with Gasteiger partial charge in [0.05, 0.1) is 13.2 Å². The van der Waals surface area contributed by atoms with Crippen molar-refractivity contribution in [2.75, 3.05) is 32.8 Å². The van der Waals surface area contributed by atoms with Gasteiger partial charge in [-0.2, -0.15) is 0 Å². The van der Waals surface area contributed by atoms with E-state index in [-0.39, 0.29) is 11.9 Å². The molecule has 2 N–H and O–H groups in total. The zero-order valence-electron chi connectivity index (χ0n) is 15.0. The van der Waals surface area contributed by atoms with Gasteiger partial charge in [0.2, 0.25) is 0 Å². The first-order valence-electron chi connectivity index (χ1n) is 8.97. The average Bonchev–Trinajstić information content (AvgIpc) is 2.63. The van der Waals surface area contributed by atoms with Crippen LogP contribution in [0.15, 0.2) is 48.5 Å². The van der Waals surface area contributed by atoms with Gasteiger partial charge in [0.15, 0.2) is 0 Å². The van der Waals surface area contributed by atoms with Crippen LogP contribution in [0.1, 0.15) is 33.1 Å². The monoisotopic (exact) mass is 339 g/mol. The van der Waals surface area contributed by atoms with Crippen LogP contribution in [0, 0.1) is 13.8 Å². The molecule has 0 saturated carbocycles. The molecule has 1 aliphatic heterocycles. The minimum atomic E-state index is -0.0155. The molecule has 0 aliphatic carbocycles. The highest BCUT2D eigenvalue weighted by Gasteiger charge is 2.23. The Balaban J connectivity index is 1.76. The Kier molecular flexibility index (Phi) is 5.84. The number of hydrogen-bond donors (Lipinski definition) is 2. The maximum atomic E-state index is 12.7. The first-order chi connectivity index (χ1) is 12.1. The number of nitrogens with one attached hydrogen (secondary N) is 2. The van der Waals surface area contributed by atoms with E-state index in [0.29, 0.717) is 5.56 Å². The van der Waals surface area contributed by atoms with Crippen LogP contribution < -0.4 is 10.2 Å². The number of morpholine rings is 1. The van der Waals surface area contributed by atoms with Crippen molar-refractivity contribution in [1.29, 1.82) is 0 Å².